The van der Waals surface area contributed by atoms with E-state index < -0.39 is 6.03 Å². The number of urea groups is 1. The number of carbonyl (C=O) groups is 3. The lowest BCUT2D eigenvalue weighted by molar-refractivity contribution is -0.120. The van der Waals surface area contributed by atoms with Gasteiger partial charge in [0, 0.05) is 25.2 Å². The monoisotopic (exact) mass is 438 g/mol. The van der Waals surface area contributed by atoms with Crippen LogP contribution in [0.15, 0.2) is 18.2 Å². The molecule has 1 heterocycles. The van der Waals surface area contributed by atoms with Crippen LogP contribution in [0, 0.1) is 0 Å². The van der Waals surface area contributed by atoms with Crippen molar-refractivity contribution in [2.45, 2.75) is 12.8 Å². The minimum atomic E-state index is -0.528. The summed E-state index contributed by atoms with van der Waals surface area (Å²) in [6, 6.07) is 4.43. The Morgan fingerprint density at radius 2 is 1.77 bits per heavy atom. The third-order valence-corrected chi connectivity index (χ3v) is 4.29. The van der Waals surface area contributed by atoms with E-state index in [0.29, 0.717) is 56.7 Å². The normalized spacial score (nSPS) is 13.8. The second-order valence-electron chi connectivity index (χ2n) is 6.57. The molecule has 1 fully saturated rings. The first-order valence-corrected chi connectivity index (χ1v) is 10.1. The summed E-state index contributed by atoms with van der Waals surface area (Å²) < 4.78 is 21.2. The molecular formula is C20H30N4O7. The van der Waals surface area contributed by atoms with Crippen LogP contribution in [0.3, 0.4) is 0 Å². The molecule has 0 aliphatic carbocycles. The molecular weight excluding hydrogens is 408 g/mol. The van der Waals surface area contributed by atoms with Gasteiger partial charge in [0.15, 0.2) is 0 Å². The number of hydrogen-bond acceptors (Lipinski definition) is 8. The molecule has 0 atom stereocenters. The number of nitrogens with one attached hydrogen (secondary N) is 2. The van der Waals surface area contributed by atoms with Crippen molar-refractivity contribution in [3.63, 3.8) is 0 Å². The maximum Gasteiger partial charge on any atom is 0.328 e. The fourth-order valence-corrected chi connectivity index (χ4v) is 2.79. The Balaban J connectivity index is 1.74. The number of nitrogens with zero attached hydrogens (tertiary/aromatic N) is 1. The van der Waals surface area contributed by atoms with Gasteiger partial charge in [-0.3, -0.25) is 19.8 Å². The molecule has 1 aromatic carbocycles. The number of amides is 4. The number of imide groups is 1. The molecule has 0 bridgehead atoms. The topological polar surface area (TPSA) is 141 Å². The molecule has 0 spiro atoms. The van der Waals surface area contributed by atoms with E-state index in [9.17, 15) is 14.4 Å². The summed E-state index contributed by atoms with van der Waals surface area (Å²) in [6.45, 7) is 3.21. The van der Waals surface area contributed by atoms with Crippen LogP contribution in [0.4, 0.5) is 16.2 Å². The van der Waals surface area contributed by atoms with E-state index in [4.69, 9.17) is 24.7 Å². The quantitative estimate of drug-likeness (QED) is 0.356. The molecule has 0 radical (unpaired) electrons. The largest absolute Gasteiger partial charge is 0.495 e. The van der Waals surface area contributed by atoms with Crippen molar-refractivity contribution in [3.8, 4) is 5.75 Å². The van der Waals surface area contributed by atoms with Crippen molar-refractivity contribution in [3.05, 3.63) is 18.2 Å². The molecule has 4 amide bonds. The lowest BCUT2D eigenvalue weighted by atomic mass is 10.2. The predicted octanol–water partition coefficient (Wildman–Crippen LogP) is 0.479. The number of anilines is 2. The van der Waals surface area contributed by atoms with Crippen molar-refractivity contribution in [2.24, 2.45) is 5.73 Å². The Morgan fingerprint density at radius 1 is 1.10 bits per heavy atom. The summed E-state index contributed by atoms with van der Waals surface area (Å²) >= 11 is 0. The lowest BCUT2D eigenvalue weighted by Crippen LogP contribution is -2.49. The van der Waals surface area contributed by atoms with Crippen LogP contribution in [-0.4, -0.2) is 77.7 Å². The first-order valence-electron chi connectivity index (χ1n) is 10.1. The highest BCUT2D eigenvalue weighted by Gasteiger charge is 2.26. The zero-order valence-corrected chi connectivity index (χ0v) is 17.7. The van der Waals surface area contributed by atoms with E-state index in [1.165, 1.54) is 12.0 Å². The fraction of sp³-hybridized carbons (Fsp3) is 0.550. The van der Waals surface area contributed by atoms with Gasteiger partial charge in [0.2, 0.25) is 11.8 Å². The Hall–Kier alpha value is -2.73. The third kappa shape index (κ3) is 8.50. The van der Waals surface area contributed by atoms with Crippen LogP contribution in [0.25, 0.3) is 0 Å². The number of nitrogens with two attached hydrogens (primary N) is 1. The molecule has 0 saturated carbocycles. The Labute approximate surface area is 181 Å². The molecule has 1 saturated heterocycles. The molecule has 4 N–H and O–H groups in total. The van der Waals surface area contributed by atoms with Crippen molar-refractivity contribution >= 4 is 29.2 Å². The van der Waals surface area contributed by atoms with E-state index in [0.717, 1.165) is 0 Å². The standard InChI is InChI=1S/C20H30N4O7/c1-28-17-3-2-15(14-16(17)24-7-4-18(25)23-20(24)27)22-19(26)5-8-29-10-12-31-13-11-30-9-6-21/h2-3,14H,4-13,21H2,1H3,(H,22,26)(H,23,25,27). The summed E-state index contributed by atoms with van der Waals surface area (Å²) in [4.78, 5) is 37.1. The summed E-state index contributed by atoms with van der Waals surface area (Å²) in [5.41, 5.74) is 6.28. The van der Waals surface area contributed by atoms with E-state index in [2.05, 4.69) is 10.6 Å². The zero-order valence-electron chi connectivity index (χ0n) is 17.7. The highest BCUT2D eigenvalue weighted by atomic mass is 16.5. The van der Waals surface area contributed by atoms with Crippen molar-refractivity contribution in [1.82, 2.24) is 5.32 Å². The Kier molecular flexibility index (Phi) is 10.7. The molecule has 1 aliphatic heterocycles. The van der Waals surface area contributed by atoms with E-state index >= 15 is 0 Å². The SMILES string of the molecule is COc1ccc(NC(=O)CCOCCOCCOCCN)cc1N1CCC(=O)NC1=O. The summed E-state index contributed by atoms with van der Waals surface area (Å²) in [6.07, 6.45) is 0.354. The molecule has 11 heteroatoms. The van der Waals surface area contributed by atoms with Crippen LogP contribution in [-0.2, 0) is 23.8 Å². The predicted molar refractivity (Wildman–Crippen MR) is 113 cm³/mol. The molecule has 0 aromatic heterocycles. The van der Waals surface area contributed by atoms with Crippen LogP contribution < -0.4 is 26.0 Å². The van der Waals surface area contributed by atoms with Gasteiger partial charge in [-0.2, -0.15) is 0 Å². The minimum absolute atomic E-state index is 0.166. The second-order valence-corrected chi connectivity index (χ2v) is 6.57. The molecule has 1 aliphatic rings. The number of ether oxygens (including phenoxy) is 4. The molecule has 11 nitrogen and oxygen atoms in total. The van der Waals surface area contributed by atoms with Gasteiger partial charge in [-0.05, 0) is 18.2 Å². The van der Waals surface area contributed by atoms with Gasteiger partial charge in [-0.15, -0.1) is 0 Å². The average molecular weight is 438 g/mol. The van der Waals surface area contributed by atoms with Crippen molar-refractivity contribution in [1.29, 1.82) is 0 Å². The Bertz CT molecular complexity index is 744. The second kappa shape index (κ2) is 13.5. The third-order valence-electron chi connectivity index (χ3n) is 4.29. The van der Waals surface area contributed by atoms with Gasteiger partial charge in [0.05, 0.1) is 58.9 Å². The first kappa shape index (κ1) is 24.5. The summed E-state index contributed by atoms with van der Waals surface area (Å²) in [5, 5.41) is 5.04. The first-order chi connectivity index (χ1) is 15.0. The highest BCUT2D eigenvalue weighted by molar-refractivity contribution is 6.06. The van der Waals surface area contributed by atoms with E-state index in [1.54, 1.807) is 18.2 Å². The molecule has 2 rings (SSSR count). The zero-order chi connectivity index (χ0) is 22.5. The lowest BCUT2D eigenvalue weighted by Gasteiger charge is -2.28. The van der Waals surface area contributed by atoms with Crippen LogP contribution >= 0.6 is 0 Å². The van der Waals surface area contributed by atoms with Crippen molar-refractivity contribution in [2.75, 3.05) is 70.1 Å². The van der Waals surface area contributed by atoms with Gasteiger partial charge in [0.25, 0.3) is 0 Å². The fourth-order valence-electron chi connectivity index (χ4n) is 2.79. The van der Waals surface area contributed by atoms with E-state index in [-0.39, 0.29) is 37.8 Å². The van der Waals surface area contributed by atoms with Gasteiger partial charge in [-0.1, -0.05) is 0 Å². The number of hydrogen-bond donors (Lipinski definition) is 3. The Morgan fingerprint density at radius 3 is 2.42 bits per heavy atom. The summed E-state index contributed by atoms with van der Waals surface area (Å²) in [5.74, 6) is -0.0974. The summed E-state index contributed by atoms with van der Waals surface area (Å²) in [7, 11) is 1.48. The number of methoxy groups -OCH3 is 1. The smallest absolute Gasteiger partial charge is 0.328 e. The number of carbonyl (C=O) groups excluding carboxylic acids is 3. The molecule has 1 aromatic rings. The number of benzene rings is 1. The van der Waals surface area contributed by atoms with Gasteiger partial charge in [0.1, 0.15) is 5.75 Å². The molecule has 172 valence electrons. The van der Waals surface area contributed by atoms with Gasteiger partial charge in [-0.25, -0.2) is 4.79 Å². The van der Waals surface area contributed by atoms with Crippen LogP contribution in [0.2, 0.25) is 0 Å². The van der Waals surface area contributed by atoms with Crippen LogP contribution in [0.5, 0.6) is 5.75 Å². The highest BCUT2D eigenvalue weighted by Crippen LogP contribution is 2.32. The maximum absolute atomic E-state index is 12.2. The minimum Gasteiger partial charge on any atom is -0.495 e. The van der Waals surface area contributed by atoms with Gasteiger partial charge >= 0.3 is 6.03 Å². The van der Waals surface area contributed by atoms with Crippen LogP contribution in [0.1, 0.15) is 12.8 Å². The molecule has 31 heavy (non-hydrogen) atoms. The maximum atomic E-state index is 12.2. The van der Waals surface area contributed by atoms with E-state index in [1.807, 2.05) is 0 Å². The average Bonchev–Trinajstić information content (AvgIpc) is 2.75. The molecule has 0 unspecified atom stereocenters. The van der Waals surface area contributed by atoms with Gasteiger partial charge < -0.3 is 30.0 Å². The van der Waals surface area contributed by atoms with Crippen molar-refractivity contribution < 1.29 is 33.3 Å². The number of rotatable bonds is 14.